The van der Waals surface area contributed by atoms with Crippen molar-refractivity contribution in [2.75, 3.05) is 21.2 Å². The Bertz CT molecular complexity index is 743. The summed E-state index contributed by atoms with van der Waals surface area (Å²) in [7, 11) is 5.22. The van der Waals surface area contributed by atoms with E-state index in [-0.39, 0.29) is 24.1 Å². The molecule has 0 aromatic carbocycles. The summed E-state index contributed by atoms with van der Waals surface area (Å²) in [6.07, 6.45) is -2.76. The zero-order chi connectivity index (χ0) is 29.8. The minimum atomic E-state index is -1.68. The van der Waals surface area contributed by atoms with Gasteiger partial charge in [-0.3, -0.25) is 4.79 Å². The van der Waals surface area contributed by atoms with Crippen LogP contribution in [-0.4, -0.2) is 107 Å². The van der Waals surface area contributed by atoms with Gasteiger partial charge in [0.1, 0.15) is 17.8 Å². The molecule has 1 fully saturated rings. The maximum Gasteiger partial charge on any atom is 0.311 e. The fraction of sp³-hybridized carbons (Fsp3) is 0.964. The smallest absolute Gasteiger partial charge is 0.311 e. The standard InChI is InChI=1S/C28H56N2O8/c1-13-20(28(9,34)24(31)18(4)30(10)11)37-25(32)17(3)22(16(2)14-26(6,7)33)38-21-15-27(8,35-12)23(29)19(5)36-21/h16-24,31,33-34H,13-15,29H2,1-12H3/t16-,17-,18-,19+,20-,21+,22+,23+,24-,27-,28-/m1/s1. The van der Waals surface area contributed by atoms with Crippen molar-refractivity contribution >= 4 is 5.97 Å². The lowest BCUT2D eigenvalue weighted by molar-refractivity contribution is -0.271. The Labute approximate surface area is 230 Å². The van der Waals surface area contributed by atoms with Crippen molar-refractivity contribution < 1.29 is 39.1 Å². The third-order valence-electron chi connectivity index (χ3n) is 8.32. The Morgan fingerprint density at radius 2 is 1.76 bits per heavy atom. The molecule has 1 aliphatic heterocycles. The second-order valence-corrected chi connectivity index (χ2v) is 12.6. The van der Waals surface area contributed by atoms with Gasteiger partial charge in [0.15, 0.2) is 6.29 Å². The van der Waals surface area contributed by atoms with Crippen molar-refractivity contribution in [1.82, 2.24) is 4.90 Å². The number of ether oxygens (including phenoxy) is 4. The monoisotopic (exact) mass is 548 g/mol. The Morgan fingerprint density at radius 3 is 2.21 bits per heavy atom. The van der Waals surface area contributed by atoms with Crippen LogP contribution in [0.5, 0.6) is 0 Å². The van der Waals surface area contributed by atoms with Gasteiger partial charge < -0.3 is 44.9 Å². The van der Waals surface area contributed by atoms with Crippen LogP contribution in [0.4, 0.5) is 0 Å². The fourth-order valence-electron chi connectivity index (χ4n) is 5.42. The number of likely N-dealkylation sites (N-methyl/N-ethyl adjacent to an activating group) is 1. The highest BCUT2D eigenvalue weighted by Gasteiger charge is 2.48. The molecule has 0 amide bonds. The summed E-state index contributed by atoms with van der Waals surface area (Å²) in [5.74, 6) is -1.57. The van der Waals surface area contributed by atoms with Gasteiger partial charge in [0.2, 0.25) is 0 Å². The van der Waals surface area contributed by atoms with Gasteiger partial charge in [-0.1, -0.05) is 13.8 Å². The molecule has 0 unspecified atom stereocenters. The van der Waals surface area contributed by atoms with Gasteiger partial charge in [-0.05, 0) is 81.3 Å². The van der Waals surface area contributed by atoms with E-state index in [1.807, 2.05) is 20.8 Å². The molecule has 0 spiro atoms. The Balaban J connectivity index is 3.20. The van der Waals surface area contributed by atoms with Gasteiger partial charge in [-0.15, -0.1) is 0 Å². The van der Waals surface area contributed by atoms with Crippen LogP contribution < -0.4 is 5.73 Å². The second kappa shape index (κ2) is 13.7. The molecular weight excluding hydrogens is 492 g/mol. The zero-order valence-electron chi connectivity index (χ0n) is 25.7. The lowest BCUT2D eigenvalue weighted by Gasteiger charge is -2.46. The summed E-state index contributed by atoms with van der Waals surface area (Å²) in [6, 6.07) is -0.726. The molecule has 0 bridgehead atoms. The minimum Gasteiger partial charge on any atom is -0.459 e. The molecule has 226 valence electrons. The number of nitrogens with two attached hydrogens (primary N) is 1. The summed E-state index contributed by atoms with van der Waals surface area (Å²) in [4.78, 5) is 15.3. The van der Waals surface area contributed by atoms with Crippen molar-refractivity contribution in [3.63, 3.8) is 0 Å². The van der Waals surface area contributed by atoms with Gasteiger partial charge >= 0.3 is 5.97 Å². The SMILES string of the molecule is CC[C@@H](OC(=O)[C@H](C)[C@@H](O[C@H]1C[C@@](C)(OC)[C@@H](N)[C@H](C)O1)[C@H](C)CC(C)(C)O)[C@@](C)(O)[C@H](O)[C@@H](C)N(C)C. The van der Waals surface area contributed by atoms with Crippen molar-refractivity contribution in [3.8, 4) is 0 Å². The Hall–Kier alpha value is -0.850. The molecular formula is C28H56N2O8. The number of rotatable bonds is 14. The highest BCUT2D eigenvalue weighted by Crippen LogP contribution is 2.35. The van der Waals surface area contributed by atoms with Crippen LogP contribution in [-0.2, 0) is 23.7 Å². The molecule has 10 nitrogen and oxygen atoms in total. The number of methoxy groups -OCH3 is 1. The number of aliphatic hydroxyl groups is 3. The zero-order valence-corrected chi connectivity index (χ0v) is 25.7. The predicted molar refractivity (Wildman–Crippen MR) is 146 cm³/mol. The van der Waals surface area contributed by atoms with Gasteiger partial charge in [0.25, 0.3) is 0 Å². The average molecular weight is 549 g/mol. The highest BCUT2D eigenvalue weighted by molar-refractivity contribution is 5.73. The number of aliphatic hydroxyl groups excluding tert-OH is 1. The predicted octanol–water partition coefficient (Wildman–Crippen LogP) is 2.06. The van der Waals surface area contributed by atoms with E-state index in [0.717, 1.165) is 0 Å². The summed E-state index contributed by atoms with van der Waals surface area (Å²) in [5.41, 5.74) is 2.98. The average Bonchev–Trinajstić information content (AvgIpc) is 2.81. The van der Waals surface area contributed by atoms with Crippen LogP contribution in [0.1, 0.15) is 81.6 Å². The van der Waals surface area contributed by atoms with Crippen LogP contribution in [0.2, 0.25) is 0 Å². The maximum atomic E-state index is 13.5. The first kappa shape index (κ1) is 35.2. The summed E-state index contributed by atoms with van der Waals surface area (Å²) in [6.45, 7) is 15.9. The molecule has 0 aromatic rings. The molecule has 0 radical (unpaired) electrons. The number of hydrogen-bond donors (Lipinski definition) is 4. The third-order valence-corrected chi connectivity index (χ3v) is 8.32. The largest absolute Gasteiger partial charge is 0.459 e. The molecule has 0 aliphatic carbocycles. The van der Waals surface area contributed by atoms with Gasteiger partial charge in [0, 0.05) is 19.6 Å². The van der Waals surface area contributed by atoms with E-state index in [1.54, 1.807) is 60.7 Å². The number of hydrogen-bond acceptors (Lipinski definition) is 10. The second-order valence-electron chi connectivity index (χ2n) is 12.6. The number of esters is 1. The molecule has 1 heterocycles. The number of nitrogens with zero attached hydrogens (tertiary/aromatic N) is 1. The lowest BCUT2D eigenvalue weighted by atomic mass is 9.84. The molecule has 0 saturated carbocycles. The molecule has 1 saturated heterocycles. The van der Waals surface area contributed by atoms with Gasteiger partial charge in [-0.2, -0.15) is 0 Å². The molecule has 11 atom stereocenters. The first-order chi connectivity index (χ1) is 17.2. The first-order valence-corrected chi connectivity index (χ1v) is 13.8. The fourth-order valence-corrected chi connectivity index (χ4v) is 5.42. The van der Waals surface area contributed by atoms with Crippen molar-refractivity contribution in [2.24, 2.45) is 17.6 Å². The lowest BCUT2D eigenvalue weighted by Crippen LogP contribution is -2.61. The van der Waals surface area contributed by atoms with Crippen molar-refractivity contribution in [2.45, 2.75) is 141 Å². The van der Waals surface area contributed by atoms with Gasteiger partial charge in [0.05, 0.1) is 35.4 Å². The Kier molecular flexibility index (Phi) is 12.7. The molecule has 10 heteroatoms. The molecule has 1 rings (SSSR count). The van der Waals surface area contributed by atoms with E-state index in [2.05, 4.69) is 0 Å². The molecule has 5 N–H and O–H groups in total. The summed E-state index contributed by atoms with van der Waals surface area (Å²) < 4.78 is 24.0. The van der Waals surface area contributed by atoms with Crippen LogP contribution >= 0.6 is 0 Å². The van der Waals surface area contributed by atoms with E-state index in [0.29, 0.717) is 19.3 Å². The maximum absolute atomic E-state index is 13.5. The van der Waals surface area contributed by atoms with Crippen LogP contribution in [0.3, 0.4) is 0 Å². The molecule has 38 heavy (non-hydrogen) atoms. The minimum absolute atomic E-state index is 0.249. The van der Waals surface area contributed by atoms with E-state index < -0.39 is 53.3 Å². The van der Waals surface area contributed by atoms with Crippen LogP contribution in [0.15, 0.2) is 0 Å². The number of carbonyl (C=O) groups excluding carboxylic acids is 1. The van der Waals surface area contributed by atoms with Crippen LogP contribution in [0, 0.1) is 11.8 Å². The van der Waals surface area contributed by atoms with Crippen LogP contribution in [0.25, 0.3) is 0 Å². The van der Waals surface area contributed by atoms with Gasteiger partial charge in [-0.25, -0.2) is 0 Å². The van der Waals surface area contributed by atoms with Crippen molar-refractivity contribution in [3.05, 3.63) is 0 Å². The first-order valence-electron chi connectivity index (χ1n) is 13.8. The Morgan fingerprint density at radius 1 is 1.21 bits per heavy atom. The van der Waals surface area contributed by atoms with Crippen molar-refractivity contribution in [1.29, 1.82) is 0 Å². The van der Waals surface area contributed by atoms with E-state index in [9.17, 15) is 20.1 Å². The quantitative estimate of drug-likeness (QED) is 0.238. The highest BCUT2D eigenvalue weighted by atomic mass is 16.7. The van der Waals surface area contributed by atoms with E-state index in [4.69, 9.17) is 24.7 Å². The van der Waals surface area contributed by atoms with E-state index in [1.165, 1.54) is 6.92 Å². The molecule has 0 aromatic heterocycles. The summed E-state index contributed by atoms with van der Waals surface area (Å²) >= 11 is 0. The normalized spacial score (nSPS) is 31.1. The number of carbonyl (C=O) groups is 1. The summed E-state index contributed by atoms with van der Waals surface area (Å²) in [5, 5.41) is 32.6. The topological polar surface area (TPSA) is 144 Å². The van der Waals surface area contributed by atoms with E-state index >= 15 is 0 Å². The third kappa shape index (κ3) is 8.83. The molecule has 1 aliphatic rings.